The van der Waals surface area contributed by atoms with E-state index in [-0.39, 0.29) is 12.0 Å². The summed E-state index contributed by atoms with van der Waals surface area (Å²) >= 11 is 0. The third-order valence-corrected chi connectivity index (χ3v) is 4.15. The topological polar surface area (TPSA) is 46.2 Å². The molecule has 1 rings (SSSR count). The molecular formula is C16H27NO. The number of hydrogen-bond donors (Lipinski definition) is 2. The van der Waals surface area contributed by atoms with Gasteiger partial charge in [-0.3, -0.25) is 0 Å². The Bertz CT molecular complexity index is 350. The summed E-state index contributed by atoms with van der Waals surface area (Å²) in [4.78, 5) is 0. The van der Waals surface area contributed by atoms with E-state index < -0.39 is 0 Å². The number of benzene rings is 1. The molecular weight excluding hydrogens is 222 g/mol. The second-order valence-electron chi connectivity index (χ2n) is 5.95. The Morgan fingerprint density at radius 1 is 1.11 bits per heavy atom. The summed E-state index contributed by atoms with van der Waals surface area (Å²) in [5, 5.41) is 9.67. The molecule has 0 aliphatic carbocycles. The summed E-state index contributed by atoms with van der Waals surface area (Å²) in [6, 6.07) is 8.69. The Hall–Kier alpha value is -0.860. The maximum atomic E-state index is 9.67. The predicted octanol–water partition coefficient (Wildman–Crippen LogP) is 2.95. The SMILES string of the molecule is CC(C)c1ccc(CC(CN)(CO)C(C)C)cc1. The van der Waals surface area contributed by atoms with Crippen LogP contribution in [-0.4, -0.2) is 18.3 Å². The lowest BCUT2D eigenvalue weighted by atomic mass is 9.73. The van der Waals surface area contributed by atoms with Gasteiger partial charge in [0.05, 0.1) is 6.61 Å². The van der Waals surface area contributed by atoms with Crippen LogP contribution in [0.4, 0.5) is 0 Å². The van der Waals surface area contributed by atoms with Crippen LogP contribution in [0.25, 0.3) is 0 Å². The summed E-state index contributed by atoms with van der Waals surface area (Å²) in [5.41, 5.74) is 8.30. The summed E-state index contributed by atoms with van der Waals surface area (Å²) in [6.45, 7) is 9.32. The van der Waals surface area contributed by atoms with E-state index in [4.69, 9.17) is 5.73 Å². The minimum absolute atomic E-state index is 0.146. The second-order valence-corrected chi connectivity index (χ2v) is 5.95. The van der Waals surface area contributed by atoms with Crippen LogP contribution in [0.1, 0.15) is 44.7 Å². The van der Waals surface area contributed by atoms with Gasteiger partial charge in [-0.15, -0.1) is 0 Å². The van der Waals surface area contributed by atoms with Crippen molar-refractivity contribution in [3.8, 4) is 0 Å². The molecule has 0 heterocycles. The van der Waals surface area contributed by atoms with E-state index in [9.17, 15) is 5.11 Å². The molecule has 0 spiro atoms. The van der Waals surface area contributed by atoms with Crippen LogP contribution in [0.2, 0.25) is 0 Å². The predicted molar refractivity (Wildman–Crippen MR) is 77.6 cm³/mol. The van der Waals surface area contributed by atoms with E-state index in [1.54, 1.807) is 0 Å². The van der Waals surface area contributed by atoms with Crippen molar-refractivity contribution in [2.75, 3.05) is 13.2 Å². The molecule has 0 saturated heterocycles. The smallest absolute Gasteiger partial charge is 0.0505 e. The Balaban J connectivity index is 2.88. The van der Waals surface area contributed by atoms with Crippen molar-refractivity contribution in [3.63, 3.8) is 0 Å². The molecule has 1 aromatic carbocycles. The fourth-order valence-corrected chi connectivity index (χ4v) is 2.24. The molecule has 0 aliphatic heterocycles. The van der Waals surface area contributed by atoms with E-state index in [0.717, 1.165) is 6.42 Å². The third kappa shape index (κ3) is 3.33. The summed E-state index contributed by atoms with van der Waals surface area (Å²) < 4.78 is 0. The first-order valence-corrected chi connectivity index (χ1v) is 6.85. The molecule has 0 radical (unpaired) electrons. The fourth-order valence-electron chi connectivity index (χ4n) is 2.24. The van der Waals surface area contributed by atoms with Gasteiger partial charge in [0.25, 0.3) is 0 Å². The highest BCUT2D eigenvalue weighted by atomic mass is 16.3. The Morgan fingerprint density at radius 3 is 2.00 bits per heavy atom. The second kappa shape index (κ2) is 6.35. The first-order chi connectivity index (χ1) is 8.45. The maximum Gasteiger partial charge on any atom is 0.0505 e. The summed E-state index contributed by atoms with van der Waals surface area (Å²) in [5.74, 6) is 0.929. The maximum absolute atomic E-state index is 9.67. The van der Waals surface area contributed by atoms with Crippen LogP contribution >= 0.6 is 0 Å². The van der Waals surface area contributed by atoms with Crippen LogP contribution in [0.15, 0.2) is 24.3 Å². The molecule has 1 unspecified atom stereocenters. The molecule has 0 amide bonds. The Morgan fingerprint density at radius 2 is 1.67 bits per heavy atom. The van der Waals surface area contributed by atoms with Gasteiger partial charge in [0.15, 0.2) is 0 Å². The highest BCUT2D eigenvalue weighted by Gasteiger charge is 2.31. The quantitative estimate of drug-likeness (QED) is 0.814. The standard InChI is InChI=1S/C16H27NO/c1-12(2)15-7-5-14(6-8-15)9-16(10-17,11-18)13(3)4/h5-8,12-13,18H,9-11,17H2,1-4H3. The average Bonchev–Trinajstić information content (AvgIpc) is 2.36. The number of aliphatic hydroxyl groups excluding tert-OH is 1. The highest BCUT2D eigenvalue weighted by molar-refractivity contribution is 5.25. The van der Waals surface area contributed by atoms with Crippen LogP contribution in [0.5, 0.6) is 0 Å². The third-order valence-electron chi connectivity index (χ3n) is 4.15. The summed E-state index contributed by atoms with van der Waals surface area (Å²) in [7, 11) is 0. The van der Waals surface area contributed by atoms with Crippen LogP contribution < -0.4 is 5.73 Å². The van der Waals surface area contributed by atoms with Crippen molar-refractivity contribution in [2.45, 2.75) is 40.0 Å². The van der Waals surface area contributed by atoms with Gasteiger partial charge in [0, 0.05) is 12.0 Å². The number of hydrogen-bond acceptors (Lipinski definition) is 2. The minimum Gasteiger partial charge on any atom is -0.396 e. The van der Waals surface area contributed by atoms with Gasteiger partial charge in [-0.25, -0.2) is 0 Å². The fraction of sp³-hybridized carbons (Fsp3) is 0.625. The lowest BCUT2D eigenvalue weighted by Gasteiger charge is -2.35. The van der Waals surface area contributed by atoms with E-state index in [2.05, 4.69) is 52.0 Å². The zero-order valence-corrected chi connectivity index (χ0v) is 12.1. The molecule has 3 N–H and O–H groups in total. The number of rotatable bonds is 6. The van der Waals surface area contributed by atoms with Crippen molar-refractivity contribution < 1.29 is 5.11 Å². The number of nitrogens with two attached hydrogens (primary N) is 1. The molecule has 2 heteroatoms. The van der Waals surface area contributed by atoms with Gasteiger partial charge in [0.2, 0.25) is 0 Å². The lowest BCUT2D eigenvalue weighted by molar-refractivity contribution is 0.0843. The van der Waals surface area contributed by atoms with Crippen molar-refractivity contribution in [3.05, 3.63) is 35.4 Å². The molecule has 0 bridgehead atoms. The summed E-state index contributed by atoms with van der Waals surface area (Å²) in [6.07, 6.45) is 0.843. The van der Waals surface area contributed by atoms with E-state index in [0.29, 0.717) is 18.4 Å². The number of aliphatic hydroxyl groups is 1. The molecule has 18 heavy (non-hydrogen) atoms. The van der Waals surface area contributed by atoms with Crippen molar-refractivity contribution in [1.29, 1.82) is 0 Å². The van der Waals surface area contributed by atoms with Crippen LogP contribution in [0, 0.1) is 11.3 Å². The Kier molecular flexibility index (Phi) is 5.36. The monoisotopic (exact) mass is 249 g/mol. The molecule has 1 atom stereocenters. The van der Waals surface area contributed by atoms with Gasteiger partial charge < -0.3 is 10.8 Å². The largest absolute Gasteiger partial charge is 0.396 e. The zero-order chi connectivity index (χ0) is 13.8. The van der Waals surface area contributed by atoms with Gasteiger partial charge in [-0.05, 0) is 29.4 Å². The van der Waals surface area contributed by atoms with E-state index in [1.165, 1.54) is 11.1 Å². The molecule has 102 valence electrons. The molecule has 0 saturated carbocycles. The van der Waals surface area contributed by atoms with Gasteiger partial charge in [-0.1, -0.05) is 52.0 Å². The van der Waals surface area contributed by atoms with Gasteiger partial charge in [0.1, 0.15) is 0 Å². The molecule has 2 nitrogen and oxygen atoms in total. The molecule has 0 fully saturated rings. The molecule has 0 aromatic heterocycles. The van der Waals surface area contributed by atoms with Crippen LogP contribution in [-0.2, 0) is 6.42 Å². The van der Waals surface area contributed by atoms with Gasteiger partial charge in [-0.2, -0.15) is 0 Å². The minimum atomic E-state index is -0.195. The normalized spacial score (nSPS) is 15.1. The first kappa shape index (κ1) is 15.2. The average molecular weight is 249 g/mol. The van der Waals surface area contributed by atoms with Crippen molar-refractivity contribution >= 4 is 0 Å². The van der Waals surface area contributed by atoms with E-state index >= 15 is 0 Å². The lowest BCUT2D eigenvalue weighted by Crippen LogP contribution is -2.41. The Labute approximate surface area is 111 Å². The zero-order valence-electron chi connectivity index (χ0n) is 12.1. The molecule has 1 aromatic rings. The van der Waals surface area contributed by atoms with Crippen LogP contribution in [0.3, 0.4) is 0 Å². The highest BCUT2D eigenvalue weighted by Crippen LogP contribution is 2.30. The van der Waals surface area contributed by atoms with E-state index in [1.807, 2.05) is 0 Å². The first-order valence-electron chi connectivity index (χ1n) is 6.85. The molecule has 0 aliphatic rings. The van der Waals surface area contributed by atoms with Gasteiger partial charge >= 0.3 is 0 Å². The van der Waals surface area contributed by atoms with Crippen molar-refractivity contribution in [2.24, 2.45) is 17.1 Å². The van der Waals surface area contributed by atoms with Crippen molar-refractivity contribution in [1.82, 2.24) is 0 Å².